The van der Waals surface area contributed by atoms with Crippen LogP contribution in [-0.4, -0.2) is 15.2 Å². The molecular weight excluding hydrogens is 231 g/mol. The van der Waals surface area contributed by atoms with Gasteiger partial charge in [-0.05, 0) is 26.7 Å². The maximum atomic E-state index is 6.32. The van der Waals surface area contributed by atoms with E-state index in [4.69, 9.17) is 23.2 Å². The van der Waals surface area contributed by atoms with Crippen LogP contribution in [0.3, 0.4) is 0 Å². The fourth-order valence-corrected chi connectivity index (χ4v) is 3.00. The van der Waals surface area contributed by atoms with Crippen molar-refractivity contribution in [3.05, 3.63) is 16.9 Å². The molecule has 2 atom stereocenters. The summed E-state index contributed by atoms with van der Waals surface area (Å²) in [4.78, 5) is 0. The van der Waals surface area contributed by atoms with Crippen LogP contribution in [0.2, 0.25) is 5.02 Å². The SMILES string of the molecule is CC(C)n1ncc(Cl)c1C1CCCC1Cl. The molecule has 0 aliphatic heterocycles. The minimum absolute atomic E-state index is 0.219. The lowest BCUT2D eigenvalue weighted by Gasteiger charge is -2.18. The van der Waals surface area contributed by atoms with Crippen molar-refractivity contribution in [1.29, 1.82) is 0 Å². The molecule has 0 aromatic carbocycles. The molecule has 1 aromatic rings. The van der Waals surface area contributed by atoms with E-state index in [2.05, 4.69) is 18.9 Å². The Kier molecular flexibility index (Phi) is 3.27. The molecule has 1 aliphatic carbocycles. The van der Waals surface area contributed by atoms with E-state index in [0.717, 1.165) is 23.6 Å². The second-order valence-electron chi connectivity index (χ2n) is 4.47. The van der Waals surface area contributed by atoms with Crippen LogP contribution in [-0.2, 0) is 0 Å². The van der Waals surface area contributed by atoms with E-state index >= 15 is 0 Å². The summed E-state index contributed by atoms with van der Waals surface area (Å²) in [5, 5.41) is 5.30. The van der Waals surface area contributed by atoms with Crippen LogP contribution in [0.4, 0.5) is 0 Å². The Bertz CT molecular complexity index is 346. The number of alkyl halides is 1. The van der Waals surface area contributed by atoms with Crippen molar-refractivity contribution in [2.45, 2.75) is 50.4 Å². The topological polar surface area (TPSA) is 17.8 Å². The highest BCUT2D eigenvalue weighted by molar-refractivity contribution is 6.31. The summed E-state index contributed by atoms with van der Waals surface area (Å²) in [6.07, 6.45) is 5.15. The Labute approximate surface area is 101 Å². The van der Waals surface area contributed by atoms with Crippen LogP contribution in [0.25, 0.3) is 0 Å². The molecule has 2 nitrogen and oxygen atoms in total. The van der Waals surface area contributed by atoms with Gasteiger partial charge in [0, 0.05) is 17.3 Å². The van der Waals surface area contributed by atoms with Gasteiger partial charge in [-0.2, -0.15) is 5.10 Å². The van der Waals surface area contributed by atoms with Crippen LogP contribution in [0.1, 0.15) is 50.8 Å². The number of nitrogens with zero attached hydrogens (tertiary/aromatic N) is 2. The van der Waals surface area contributed by atoms with Gasteiger partial charge in [0.05, 0.1) is 16.9 Å². The van der Waals surface area contributed by atoms with Crippen molar-refractivity contribution in [3.8, 4) is 0 Å². The molecule has 4 heteroatoms. The van der Waals surface area contributed by atoms with Crippen molar-refractivity contribution in [2.24, 2.45) is 0 Å². The van der Waals surface area contributed by atoms with E-state index in [-0.39, 0.29) is 5.38 Å². The smallest absolute Gasteiger partial charge is 0.0821 e. The highest BCUT2D eigenvalue weighted by Crippen LogP contribution is 2.41. The van der Waals surface area contributed by atoms with Crippen molar-refractivity contribution in [3.63, 3.8) is 0 Å². The van der Waals surface area contributed by atoms with Gasteiger partial charge in [0.15, 0.2) is 0 Å². The maximum absolute atomic E-state index is 6.32. The molecule has 1 saturated carbocycles. The Morgan fingerprint density at radius 1 is 1.47 bits per heavy atom. The first kappa shape index (κ1) is 11.3. The van der Waals surface area contributed by atoms with Crippen LogP contribution >= 0.6 is 23.2 Å². The first-order valence-corrected chi connectivity index (χ1v) is 6.29. The summed E-state index contributed by atoms with van der Waals surface area (Å²) < 4.78 is 2.01. The van der Waals surface area contributed by atoms with Crippen molar-refractivity contribution < 1.29 is 0 Å². The van der Waals surface area contributed by atoms with E-state index in [1.165, 1.54) is 6.42 Å². The summed E-state index contributed by atoms with van der Waals surface area (Å²) in [7, 11) is 0. The summed E-state index contributed by atoms with van der Waals surface area (Å²) >= 11 is 12.5. The van der Waals surface area contributed by atoms with Gasteiger partial charge < -0.3 is 0 Å². The Hall–Kier alpha value is -0.210. The third-order valence-corrected chi connectivity index (χ3v) is 3.87. The maximum Gasteiger partial charge on any atom is 0.0821 e. The van der Waals surface area contributed by atoms with Crippen LogP contribution in [0.15, 0.2) is 6.20 Å². The van der Waals surface area contributed by atoms with E-state index in [1.54, 1.807) is 6.20 Å². The first-order chi connectivity index (χ1) is 7.11. The molecular formula is C11H16Cl2N2. The third-order valence-electron chi connectivity index (χ3n) is 3.06. The third kappa shape index (κ3) is 2.02. The van der Waals surface area contributed by atoms with Gasteiger partial charge in [0.25, 0.3) is 0 Å². The summed E-state index contributed by atoms with van der Waals surface area (Å²) in [5.74, 6) is 0.379. The lowest BCUT2D eigenvalue weighted by atomic mass is 10.0. The number of hydrogen-bond donors (Lipinski definition) is 0. The lowest BCUT2D eigenvalue weighted by molar-refractivity contribution is 0.486. The first-order valence-electron chi connectivity index (χ1n) is 5.48. The highest BCUT2D eigenvalue weighted by atomic mass is 35.5. The van der Waals surface area contributed by atoms with Gasteiger partial charge in [-0.1, -0.05) is 18.0 Å². The fraction of sp³-hybridized carbons (Fsp3) is 0.727. The van der Waals surface area contributed by atoms with Crippen molar-refractivity contribution in [2.75, 3.05) is 0 Å². The monoisotopic (exact) mass is 246 g/mol. The second kappa shape index (κ2) is 4.34. The van der Waals surface area contributed by atoms with Crippen molar-refractivity contribution in [1.82, 2.24) is 9.78 Å². The highest BCUT2D eigenvalue weighted by Gasteiger charge is 2.31. The van der Waals surface area contributed by atoms with E-state index in [1.807, 2.05) is 4.68 Å². The van der Waals surface area contributed by atoms with Crippen LogP contribution in [0.5, 0.6) is 0 Å². The quantitative estimate of drug-likeness (QED) is 0.722. The molecule has 2 unspecified atom stereocenters. The predicted octanol–water partition coefficient (Wildman–Crippen LogP) is 3.99. The normalized spacial score (nSPS) is 26.5. The van der Waals surface area contributed by atoms with Gasteiger partial charge in [-0.3, -0.25) is 4.68 Å². The minimum atomic E-state index is 0.219. The molecule has 0 saturated heterocycles. The number of halogens is 2. The van der Waals surface area contributed by atoms with Crippen molar-refractivity contribution >= 4 is 23.2 Å². The molecule has 15 heavy (non-hydrogen) atoms. The summed E-state index contributed by atoms with van der Waals surface area (Å²) in [6, 6.07) is 0.344. The van der Waals surface area contributed by atoms with Gasteiger partial charge >= 0.3 is 0 Å². The molecule has 1 aliphatic rings. The van der Waals surface area contributed by atoms with E-state index in [0.29, 0.717) is 12.0 Å². The number of hydrogen-bond acceptors (Lipinski definition) is 1. The van der Waals surface area contributed by atoms with E-state index < -0.39 is 0 Å². The zero-order valence-corrected chi connectivity index (χ0v) is 10.6. The molecule has 0 bridgehead atoms. The average molecular weight is 247 g/mol. The molecule has 0 radical (unpaired) electrons. The van der Waals surface area contributed by atoms with Gasteiger partial charge in [-0.25, -0.2) is 0 Å². The zero-order chi connectivity index (χ0) is 11.0. The Morgan fingerprint density at radius 3 is 2.73 bits per heavy atom. The van der Waals surface area contributed by atoms with Gasteiger partial charge in [0.1, 0.15) is 0 Å². The molecule has 1 aromatic heterocycles. The lowest BCUT2D eigenvalue weighted by Crippen LogP contribution is -2.14. The fourth-order valence-electron chi connectivity index (χ4n) is 2.33. The molecule has 1 fully saturated rings. The van der Waals surface area contributed by atoms with Crippen LogP contribution < -0.4 is 0 Å². The summed E-state index contributed by atoms with van der Waals surface area (Å²) in [6.45, 7) is 4.23. The second-order valence-corrected chi connectivity index (χ2v) is 5.44. The average Bonchev–Trinajstić information content (AvgIpc) is 2.71. The molecule has 1 heterocycles. The van der Waals surface area contributed by atoms with E-state index in [9.17, 15) is 0 Å². The Morgan fingerprint density at radius 2 is 2.20 bits per heavy atom. The standard InChI is InChI=1S/C11H16Cl2N2/c1-7(2)15-11(10(13)6-14-15)8-4-3-5-9(8)12/h6-9H,3-5H2,1-2H3. The molecule has 2 rings (SSSR count). The summed E-state index contributed by atoms with van der Waals surface area (Å²) in [5.41, 5.74) is 1.13. The van der Waals surface area contributed by atoms with Gasteiger partial charge in [-0.15, -0.1) is 11.6 Å². The van der Waals surface area contributed by atoms with Crippen LogP contribution in [0, 0.1) is 0 Å². The Balaban J connectivity index is 2.37. The number of rotatable bonds is 2. The molecule has 0 spiro atoms. The molecule has 0 N–H and O–H groups in total. The molecule has 84 valence electrons. The molecule has 0 amide bonds. The zero-order valence-electron chi connectivity index (χ0n) is 9.08. The predicted molar refractivity (Wildman–Crippen MR) is 63.9 cm³/mol. The van der Waals surface area contributed by atoms with Gasteiger partial charge in [0.2, 0.25) is 0 Å². The number of aromatic nitrogens is 2. The largest absolute Gasteiger partial charge is 0.265 e. The minimum Gasteiger partial charge on any atom is -0.265 e.